The fraction of sp³-hybridized carbons (Fsp3) is 0. The molecule has 0 amide bonds. The number of benzene rings is 8. The Morgan fingerprint density at radius 3 is 1.71 bits per heavy atom. The van der Waals surface area contributed by atoms with E-state index in [4.69, 9.17) is 9.97 Å². The molecule has 8 aromatic carbocycles. The predicted molar refractivity (Wildman–Crippen MR) is 217 cm³/mol. The van der Waals surface area contributed by atoms with Crippen LogP contribution < -0.4 is 0 Å². The largest absolute Gasteiger partial charge is 0.228 e. The van der Waals surface area contributed by atoms with E-state index in [9.17, 15) is 0 Å². The van der Waals surface area contributed by atoms with E-state index < -0.39 is 0 Å². The van der Waals surface area contributed by atoms with E-state index in [-0.39, 0.29) is 0 Å². The highest BCUT2D eigenvalue weighted by Crippen LogP contribution is 2.41. The summed E-state index contributed by atoms with van der Waals surface area (Å²) >= 11 is 1.87. The van der Waals surface area contributed by atoms with E-state index in [1.807, 2.05) is 29.5 Å². The van der Waals surface area contributed by atoms with Crippen molar-refractivity contribution in [2.45, 2.75) is 0 Å². The number of nitrogens with zero attached hydrogens (tertiary/aromatic N) is 2. The Balaban J connectivity index is 1.10. The lowest BCUT2D eigenvalue weighted by Crippen LogP contribution is -1.97. The third-order valence-electron chi connectivity index (χ3n) is 9.89. The van der Waals surface area contributed by atoms with E-state index in [2.05, 4.69) is 164 Å². The molecule has 0 unspecified atom stereocenters. The molecule has 10 rings (SSSR count). The van der Waals surface area contributed by atoms with Crippen LogP contribution in [-0.2, 0) is 0 Å². The van der Waals surface area contributed by atoms with Crippen molar-refractivity contribution in [3.05, 3.63) is 182 Å². The molecular weight excluding hydrogens is 637 g/mol. The quantitative estimate of drug-likeness (QED) is 0.183. The highest BCUT2D eigenvalue weighted by Gasteiger charge is 2.16. The minimum Gasteiger partial charge on any atom is -0.228 e. The third kappa shape index (κ3) is 5.18. The first-order valence-corrected chi connectivity index (χ1v) is 18.1. The van der Waals surface area contributed by atoms with Crippen molar-refractivity contribution >= 4 is 53.1 Å². The van der Waals surface area contributed by atoms with Gasteiger partial charge in [-0.05, 0) is 68.1 Å². The van der Waals surface area contributed by atoms with Crippen LogP contribution in [-0.4, -0.2) is 9.97 Å². The van der Waals surface area contributed by atoms with Gasteiger partial charge in [0.1, 0.15) is 0 Å². The smallest absolute Gasteiger partial charge is 0.160 e. The van der Waals surface area contributed by atoms with E-state index >= 15 is 0 Å². The van der Waals surface area contributed by atoms with E-state index in [1.54, 1.807) is 0 Å². The second-order valence-electron chi connectivity index (χ2n) is 13.0. The van der Waals surface area contributed by atoms with Crippen molar-refractivity contribution in [3.63, 3.8) is 0 Å². The Morgan fingerprint density at radius 2 is 0.922 bits per heavy atom. The topological polar surface area (TPSA) is 25.8 Å². The maximum Gasteiger partial charge on any atom is 0.160 e. The fourth-order valence-electron chi connectivity index (χ4n) is 7.39. The van der Waals surface area contributed by atoms with E-state index in [0.29, 0.717) is 5.82 Å². The van der Waals surface area contributed by atoms with Crippen molar-refractivity contribution in [2.75, 3.05) is 0 Å². The lowest BCUT2D eigenvalue weighted by atomic mass is 9.93. The van der Waals surface area contributed by atoms with Gasteiger partial charge in [-0.2, -0.15) is 0 Å². The molecule has 0 bridgehead atoms. The number of rotatable bonds is 5. The number of hydrogen-bond donors (Lipinski definition) is 0. The molecule has 2 aromatic heterocycles. The molecule has 0 aliphatic carbocycles. The molecule has 0 N–H and O–H groups in total. The van der Waals surface area contributed by atoms with Gasteiger partial charge >= 0.3 is 0 Å². The Hall–Kier alpha value is -6.42. The summed E-state index contributed by atoms with van der Waals surface area (Å²) < 4.78 is 2.66. The summed E-state index contributed by atoms with van der Waals surface area (Å²) in [5.41, 5.74) is 9.87. The van der Waals surface area contributed by atoms with Crippen molar-refractivity contribution < 1.29 is 0 Å². The molecule has 0 saturated heterocycles. The molecule has 0 aliphatic rings. The summed E-state index contributed by atoms with van der Waals surface area (Å²) in [6, 6.07) is 65.0. The minimum absolute atomic E-state index is 0.714. The highest BCUT2D eigenvalue weighted by molar-refractivity contribution is 7.26. The molecule has 0 fully saturated rings. The van der Waals surface area contributed by atoms with E-state index in [0.717, 1.165) is 28.1 Å². The van der Waals surface area contributed by atoms with Crippen molar-refractivity contribution in [1.82, 2.24) is 9.97 Å². The van der Waals surface area contributed by atoms with Gasteiger partial charge in [0.2, 0.25) is 0 Å². The molecule has 10 aromatic rings. The Bertz CT molecular complexity index is 2910. The fourth-order valence-corrected chi connectivity index (χ4v) is 8.63. The summed E-state index contributed by atoms with van der Waals surface area (Å²) in [6.45, 7) is 0. The lowest BCUT2D eigenvalue weighted by Gasteiger charge is -2.14. The summed E-state index contributed by atoms with van der Waals surface area (Å²) in [5, 5.41) is 7.40. The second kappa shape index (κ2) is 12.2. The van der Waals surface area contributed by atoms with Crippen LogP contribution in [0.15, 0.2) is 182 Å². The molecule has 2 heterocycles. The van der Waals surface area contributed by atoms with Crippen molar-refractivity contribution in [3.8, 4) is 56.2 Å². The number of fused-ring (bicyclic) bond motifs is 5. The Morgan fingerprint density at radius 1 is 0.333 bits per heavy atom. The van der Waals surface area contributed by atoms with Gasteiger partial charge in [0.05, 0.1) is 11.4 Å². The Kier molecular flexibility index (Phi) is 7.04. The standard InChI is InChI=1S/C48H30N2S/c1-3-12-31(13-4-1)37-26-27-41(40-17-8-7-16-39(37)40)45-30-44(49-48(50-45)32-14-5-2-6-15-32)36-25-23-33-28-35(24-22-34(33)29-36)38-19-11-20-43-42-18-9-10-21-46(42)51-47(38)43/h1-30H. The summed E-state index contributed by atoms with van der Waals surface area (Å²) in [6.07, 6.45) is 0. The van der Waals surface area contributed by atoms with Crippen LogP contribution in [0, 0.1) is 0 Å². The van der Waals surface area contributed by atoms with Gasteiger partial charge in [0.15, 0.2) is 5.82 Å². The molecule has 3 heteroatoms. The second-order valence-corrected chi connectivity index (χ2v) is 14.0. The monoisotopic (exact) mass is 666 g/mol. The van der Waals surface area contributed by atoms with Gasteiger partial charge in [-0.25, -0.2) is 9.97 Å². The highest BCUT2D eigenvalue weighted by atomic mass is 32.1. The van der Waals surface area contributed by atoms with Crippen LogP contribution in [0.5, 0.6) is 0 Å². The molecule has 0 aliphatic heterocycles. The summed E-state index contributed by atoms with van der Waals surface area (Å²) in [5.74, 6) is 0.714. The predicted octanol–water partition coefficient (Wildman–Crippen LogP) is 13.5. The van der Waals surface area contributed by atoms with Gasteiger partial charge in [-0.15, -0.1) is 11.3 Å². The molecule has 51 heavy (non-hydrogen) atoms. The zero-order chi connectivity index (χ0) is 33.7. The average Bonchev–Trinajstić information content (AvgIpc) is 3.59. The lowest BCUT2D eigenvalue weighted by molar-refractivity contribution is 1.19. The first-order chi connectivity index (χ1) is 25.3. The Labute approximate surface area is 300 Å². The van der Waals surface area contributed by atoms with Gasteiger partial charge in [0.25, 0.3) is 0 Å². The molecule has 0 atom stereocenters. The van der Waals surface area contributed by atoms with Gasteiger partial charge in [-0.3, -0.25) is 0 Å². The molecule has 238 valence electrons. The van der Waals surface area contributed by atoms with Gasteiger partial charge in [0, 0.05) is 36.9 Å². The van der Waals surface area contributed by atoms with Crippen LogP contribution in [0.4, 0.5) is 0 Å². The molecular formula is C48H30N2S. The maximum atomic E-state index is 5.19. The van der Waals surface area contributed by atoms with Crippen LogP contribution >= 0.6 is 11.3 Å². The van der Waals surface area contributed by atoms with Crippen LogP contribution in [0.1, 0.15) is 0 Å². The molecule has 0 spiro atoms. The molecule has 2 nitrogen and oxygen atoms in total. The summed E-state index contributed by atoms with van der Waals surface area (Å²) in [7, 11) is 0. The van der Waals surface area contributed by atoms with E-state index in [1.165, 1.54) is 64.0 Å². The van der Waals surface area contributed by atoms with Crippen LogP contribution in [0.2, 0.25) is 0 Å². The number of thiophene rings is 1. The van der Waals surface area contributed by atoms with Crippen LogP contribution in [0.25, 0.3) is 97.9 Å². The van der Waals surface area contributed by atoms with Gasteiger partial charge < -0.3 is 0 Å². The molecule has 0 saturated carbocycles. The van der Waals surface area contributed by atoms with Crippen LogP contribution in [0.3, 0.4) is 0 Å². The normalized spacial score (nSPS) is 11.5. The zero-order valence-electron chi connectivity index (χ0n) is 27.6. The maximum absolute atomic E-state index is 5.19. The SMILES string of the molecule is c1ccc(-c2nc(-c3ccc4cc(-c5cccc6c5sc5ccccc56)ccc4c3)cc(-c3ccc(-c4ccccc4)c4ccccc34)n2)cc1. The number of hydrogen-bond acceptors (Lipinski definition) is 3. The average molecular weight is 667 g/mol. The first kappa shape index (κ1) is 29.5. The minimum atomic E-state index is 0.714. The van der Waals surface area contributed by atoms with Gasteiger partial charge in [-0.1, -0.05) is 158 Å². The van der Waals surface area contributed by atoms with Crippen molar-refractivity contribution in [2.24, 2.45) is 0 Å². The third-order valence-corrected chi connectivity index (χ3v) is 11.1. The molecule has 0 radical (unpaired) electrons. The van der Waals surface area contributed by atoms with Crippen molar-refractivity contribution in [1.29, 1.82) is 0 Å². The summed E-state index contributed by atoms with van der Waals surface area (Å²) in [4.78, 5) is 10.4. The zero-order valence-corrected chi connectivity index (χ0v) is 28.4. The first-order valence-electron chi connectivity index (χ1n) is 17.2. The number of aromatic nitrogens is 2.